The minimum Gasteiger partial charge on any atom is -0.483 e. The van der Waals surface area contributed by atoms with Crippen molar-refractivity contribution < 1.29 is 13.9 Å². The third-order valence-corrected chi connectivity index (χ3v) is 5.24. The number of ether oxygens (including phenoxy) is 1. The molecule has 0 saturated heterocycles. The van der Waals surface area contributed by atoms with Crippen LogP contribution in [0.1, 0.15) is 22.6 Å². The first-order valence-electron chi connectivity index (χ1n) is 9.71. The molecule has 5 nitrogen and oxygen atoms in total. The Morgan fingerprint density at radius 1 is 1.06 bits per heavy atom. The fourth-order valence-corrected chi connectivity index (χ4v) is 3.78. The third kappa shape index (κ3) is 5.19. The average molecular weight is 455 g/mol. The third-order valence-electron chi connectivity index (χ3n) is 4.74. The van der Waals surface area contributed by atoms with E-state index in [4.69, 9.17) is 32.4 Å². The van der Waals surface area contributed by atoms with E-state index in [1.54, 1.807) is 12.1 Å². The molecule has 0 bridgehead atoms. The number of nitrogens with zero attached hydrogens (tertiary/aromatic N) is 1. The fraction of sp³-hybridized carbons (Fsp3) is 0.167. The first kappa shape index (κ1) is 21.2. The predicted octanol–water partition coefficient (Wildman–Crippen LogP) is 6.36. The van der Waals surface area contributed by atoms with Crippen LogP contribution in [-0.2, 0) is 11.2 Å². The number of anilines is 1. The number of halogens is 2. The molecule has 3 aromatic carbocycles. The second kappa shape index (κ2) is 9.00. The van der Waals surface area contributed by atoms with Crippen molar-refractivity contribution in [2.24, 2.45) is 0 Å². The van der Waals surface area contributed by atoms with Gasteiger partial charge in [-0.05, 0) is 55.3 Å². The van der Waals surface area contributed by atoms with Crippen molar-refractivity contribution in [2.75, 3.05) is 11.9 Å². The van der Waals surface area contributed by atoms with E-state index in [0.29, 0.717) is 44.9 Å². The standard InChI is InChI=1S/C24H20Cl2N2O3/c1-14-3-8-21(15(2)9-14)30-13-22(29)27-18-6-4-16(5-7-18)10-23-28-20-12-17(25)11-19(26)24(20)31-23/h3-9,11-12H,10,13H2,1-2H3,(H,27,29). The van der Waals surface area contributed by atoms with Crippen LogP contribution in [0.15, 0.2) is 59.0 Å². The van der Waals surface area contributed by atoms with Crippen LogP contribution in [0.4, 0.5) is 5.69 Å². The summed E-state index contributed by atoms with van der Waals surface area (Å²) in [6.45, 7) is 3.92. The summed E-state index contributed by atoms with van der Waals surface area (Å²) in [5.41, 5.74) is 4.97. The summed E-state index contributed by atoms with van der Waals surface area (Å²) in [6.07, 6.45) is 0.493. The average Bonchev–Trinajstić information content (AvgIpc) is 3.11. The van der Waals surface area contributed by atoms with Gasteiger partial charge in [-0.3, -0.25) is 4.79 Å². The van der Waals surface area contributed by atoms with Gasteiger partial charge in [0.1, 0.15) is 11.3 Å². The van der Waals surface area contributed by atoms with Gasteiger partial charge < -0.3 is 14.5 Å². The second-order valence-corrected chi connectivity index (χ2v) is 8.17. The number of aryl methyl sites for hydroxylation is 2. The predicted molar refractivity (Wildman–Crippen MR) is 123 cm³/mol. The highest BCUT2D eigenvalue weighted by Gasteiger charge is 2.12. The Bertz CT molecular complexity index is 1250. The normalized spacial score (nSPS) is 11.0. The lowest BCUT2D eigenvalue weighted by Gasteiger charge is -2.10. The number of oxazole rings is 1. The van der Waals surface area contributed by atoms with Gasteiger partial charge in [-0.15, -0.1) is 0 Å². The number of hydrogen-bond acceptors (Lipinski definition) is 4. The molecule has 0 spiro atoms. The molecule has 1 N–H and O–H groups in total. The number of benzene rings is 3. The lowest BCUT2D eigenvalue weighted by atomic mass is 10.1. The van der Waals surface area contributed by atoms with Crippen molar-refractivity contribution in [1.82, 2.24) is 4.98 Å². The molecule has 0 fully saturated rings. The minimum atomic E-state index is -0.224. The summed E-state index contributed by atoms with van der Waals surface area (Å²) in [4.78, 5) is 16.7. The highest BCUT2D eigenvalue weighted by Crippen LogP contribution is 2.29. The molecule has 0 aliphatic heterocycles. The van der Waals surface area contributed by atoms with E-state index in [9.17, 15) is 4.79 Å². The molecule has 4 rings (SSSR count). The van der Waals surface area contributed by atoms with Crippen LogP contribution in [0.2, 0.25) is 10.0 Å². The molecule has 0 atom stereocenters. The first-order chi connectivity index (χ1) is 14.9. The van der Waals surface area contributed by atoms with Gasteiger partial charge in [-0.2, -0.15) is 0 Å². The molecular weight excluding hydrogens is 435 g/mol. The van der Waals surface area contributed by atoms with Gasteiger partial charge in [0.25, 0.3) is 5.91 Å². The van der Waals surface area contributed by atoms with E-state index in [1.807, 2.05) is 56.3 Å². The lowest BCUT2D eigenvalue weighted by Crippen LogP contribution is -2.20. The minimum absolute atomic E-state index is 0.0577. The molecule has 0 aliphatic carbocycles. The molecule has 7 heteroatoms. The monoisotopic (exact) mass is 454 g/mol. The van der Waals surface area contributed by atoms with Crippen molar-refractivity contribution >= 4 is 45.9 Å². The van der Waals surface area contributed by atoms with Gasteiger partial charge in [0.2, 0.25) is 0 Å². The van der Waals surface area contributed by atoms with Gasteiger partial charge in [0.05, 0.1) is 5.02 Å². The summed E-state index contributed by atoms with van der Waals surface area (Å²) in [5.74, 6) is 1.02. The van der Waals surface area contributed by atoms with Crippen LogP contribution < -0.4 is 10.1 Å². The molecule has 0 unspecified atom stereocenters. The van der Waals surface area contributed by atoms with Gasteiger partial charge >= 0.3 is 0 Å². The van der Waals surface area contributed by atoms with E-state index >= 15 is 0 Å². The highest BCUT2D eigenvalue weighted by atomic mass is 35.5. The summed E-state index contributed by atoms with van der Waals surface area (Å²) < 4.78 is 11.4. The van der Waals surface area contributed by atoms with Gasteiger partial charge in [0.15, 0.2) is 18.1 Å². The molecule has 158 valence electrons. The molecule has 0 saturated carbocycles. The van der Waals surface area contributed by atoms with Crippen LogP contribution in [0.25, 0.3) is 11.1 Å². The molecule has 1 heterocycles. The molecule has 1 aromatic heterocycles. The summed E-state index contributed by atoms with van der Waals surface area (Å²) in [5, 5.41) is 3.78. The SMILES string of the molecule is Cc1ccc(OCC(=O)Nc2ccc(Cc3nc4cc(Cl)cc(Cl)c4o3)cc2)c(C)c1. The van der Waals surface area contributed by atoms with Crippen LogP contribution in [0.5, 0.6) is 5.75 Å². The van der Waals surface area contributed by atoms with Crippen molar-refractivity contribution in [1.29, 1.82) is 0 Å². The first-order valence-corrected chi connectivity index (χ1v) is 10.5. The molecule has 4 aromatic rings. The van der Waals surface area contributed by atoms with Crippen molar-refractivity contribution in [2.45, 2.75) is 20.3 Å². The Morgan fingerprint density at radius 3 is 2.58 bits per heavy atom. The maximum atomic E-state index is 12.2. The van der Waals surface area contributed by atoms with Crippen molar-refractivity contribution in [3.63, 3.8) is 0 Å². The summed E-state index contributed by atoms with van der Waals surface area (Å²) >= 11 is 12.2. The second-order valence-electron chi connectivity index (χ2n) is 7.32. The van der Waals surface area contributed by atoms with Crippen molar-refractivity contribution in [3.8, 4) is 5.75 Å². The number of carbonyl (C=O) groups excluding carboxylic acids is 1. The number of hydrogen-bond donors (Lipinski definition) is 1. The zero-order valence-electron chi connectivity index (χ0n) is 17.0. The maximum Gasteiger partial charge on any atom is 0.262 e. The number of nitrogens with one attached hydrogen (secondary N) is 1. The van der Waals surface area contributed by atoms with Gasteiger partial charge in [-0.25, -0.2) is 4.98 Å². The van der Waals surface area contributed by atoms with Crippen LogP contribution in [0, 0.1) is 13.8 Å². The zero-order valence-corrected chi connectivity index (χ0v) is 18.6. The molecular formula is C24H20Cl2N2O3. The Labute approximate surface area is 189 Å². The number of fused-ring (bicyclic) bond motifs is 1. The smallest absolute Gasteiger partial charge is 0.262 e. The van der Waals surface area contributed by atoms with E-state index in [0.717, 1.165) is 16.7 Å². The molecule has 0 radical (unpaired) electrons. The number of rotatable bonds is 6. The Kier molecular flexibility index (Phi) is 6.16. The fourth-order valence-electron chi connectivity index (χ4n) is 3.26. The van der Waals surface area contributed by atoms with E-state index < -0.39 is 0 Å². The number of amides is 1. The Balaban J connectivity index is 1.35. The number of aromatic nitrogens is 1. The van der Waals surface area contributed by atoms with E-state index in [2.05, 4.69) is 10.3 Å². The van der Waals surface area contributed by atoms with Crippen LogP contribution >= 0.6 is 23.2 Å². The van der Waals surface area contributed by atoms with Crippen molar-refractivity contribution in [3.05, 3.63) is 87.2 Å². The van der Waals surface area contributed by atoms with E-state index in [-0.39, 0.29) is 12.5 Å². The summed E-state index contributed by atoms with van der Waals surface area (Å²) in [7, 11) is 0. The lowest BCUT2D eigenvalue weighted by molar-refractivity contribution is -0.118. The maximum absolute atomic E-state index is 12.2. The molecule has 0 aliphatic rings. The van der Waals surface area contributed by atoms with Crippen LogP contribution in [-0.4, -0.2) is 17.5 Å². The van der Waals surface area contributed by atoms with E-state index in [1.165, 1.54) is 0 Å². The Morgan fingerprint density at radius 2 is 1.84 bits per heavy atom. The largest absolute Gasteiger partial charge is 0.483 e. The topological polar surface area (TPSA) is 64.4 Å². The van der Waals surface area contributed by atoms with Gasteiger partial charge in [-0.1, -0.05) is 53.0 Å². The zero-order chi connectivity index (χ0) is 22.0. The Hall–Kier alpha value is -3.02. The molecule has 31 heavy (non-hydrogen) atoms. The summed E-state index contributed by atoms with van der Waals surface area (Å²) in [6, 6.07) is 16.7. The quantitative estimate of drug-likeness (QED) is 0.368. The molecule has 1 amide bonds. The van der Waals surface area contributed by atoms with Crippen LogP contribution in [0.3, 0.4) is 0 Å². The highest BCUT2D eigenvalue weighted by molar-refractivity contribution is 6.37. The van der Waals surface area contributed by atoms with Gasteiger partial charge in [0, 0.05) is 17.1 Å². The number of carbonyl (C=O) groups is 1.